The van der Waals surface area contributed by atoms with Gasteiger partial charge in [-0.1, -0.05) is 83.3 Å². The van der Waals surface area contributed by atoms with Gasteiger partial charge in [0.2, 0.25) is 0 Å². The summed E-state index contributed by atoms with van der Waals surface area (Å²) in [4.78, 5) is 0. The SMILES string of the molecule is CCCCCCCCC=CCCCCCCCCCNCC(O)O. The minimum absolute atomic E-state index is 0.284. The molecule has 0 spiro atoms. The first-order valence-electron chi connectivity index (χ1n) is 10.5. The maximum atomic E-state index is 8.68. The number of aliphatic hydroxyl groups is 2. The monoisotopic (exact) mass is 341 g/mol. The van der Waals surface area contributed by atoms with Crippen LogP contribution in [-0.4, -0.2) is 29.6 Å². The number of allylic oxidation sites excluding steroid dienone is 2. The summed E-state index contributed by atoms with van der Waals surface area (Å²) >= 11 is 0. The molecule has 0 radical (unpaired) electrons. The third-order valence-corrected chi connectivity index (χ3v) is 4.44. The van der Waals surface area contributed by atoms with Crippen LogP contribution in [0.25, 0.3) is 0 Å². The molecule has 0 aromatic carbocycles. The zero-order valence-electron chi connectivity index (χ0n) is 16.1. The maximum Gasteiger partial charge on any atom is 0.164 e. The van der Waals surface area contributed by atoms with Crippen molar-refractivity contribution in [3.8, 4) is 0 Å². The molecule has 0 atom stereocenters. The second kappa shape index (κ2) is 20.7. The molecule has 0 saturated carbocycles. The summed E-state index contributed by atoms with van der Waals surface area (Å²) in [5.41, 5.74) is 0. The third kappa shape index (κ3) is 21.6. The van der Waals surface area contributed by atoms with Crippen LogP contribution in [0.3, 0.4) is 0 Å². The van der Waals surface area contributed by atoms with Gasteiger partial charge in [0.05, 0.1) is 0 Å². The molecule has 0 bridgehead atoms. The maximum absolute atomic E-state index is 8.68. The summed E-state index contributed by atoms with van der Waals surface area (Å²) in [5, 5.41) is 20.4. The van der Waals surface area contributed by atoms with Crippen molar-refractivity contribution in [2.75, 3.05) is 13.1 Å². The van der Waals surface area contributed by atoms with Crippen LogP contribution in [0.15, 0.2) is 12.2 Å². The van der Waals surface area contributed by atoms with Crippen LogP contribution >= 0.6 is 0 Å². The highest BCUT2D eigenvalue weighted by Gasteiger charge is 1.95. The summed E-state index contributed by atoms with van der Waals surface area (Å²) in [7, 11) is 0. The Hall–Kier alpha value is -0.380. The molecule has 0 rings (SSSR count). The number of unbranched alkanes of at least 4 members (excludes halogenated alkanes) is 13. The molecule has 0 aromatic heterocycles. The van der Waals surface area contributed by atoms with E-state index in [0.717, 1.165) is 13.0 Å². The molecule has 0 saturated heterocycles. The zero-order valence-corrected chi connectivity index (χ0v) is 16.1. The molecular formula is C21H43NO2. The zero-order chi connectivity index (χ0) is 17.7. The first-order chi connectivity index (χ1) is 11.8. The molecule has 24 heavy (non-hydrogen) atoms. The van der Waals surface area contributed by atoms with Gasteiger partial charge < -0.3 is 15.5 Å². The van der Waals surface area contributed by atoms with Gasteiger partial charge in [-0.15, -0.1) is 0 Å². The molecule has 0 fully saturated rings. The first kappa shape index (κ1) is 23.6. The Bertz CT molecular complexity index is 254. The van der Waals surface area contributed by atoms with Gasteiger partial charge in [0.25, 0.3) is 0 Å². The lowest BCUT2D eigenvalue weighted by molar-refractivity contribution is -0.0370. The van der Waals surface area contributed by atoms with Crippen LogP contribution in [0.4, 0.5) is 0 Å². The van der Waals surface area contributed by atoms with Crippen molar-refractivity contribution in [1.29, 1.82) is 0 Å². The Morgan fingerprint density at radius 1 is 0.667 bits per heavy atom. The Kier molecular flexibility index (Phi) is 20.3. The minimum Gasteiger partial charge on any atom is -0.367 e. The first-order valence-corrected chi connectivity index (χ1v) is 10.5. The van der Waals surface area contributed by atoms with Crippen LogP contribution in [0.5, 0.6) is 0 Å². The Balaban J connectivity index is 3.05. The van der Waals surface area contributed by atoms with Crippen molar-refractivity contribution in [3.05, 3.63) is 12.2 Å². The van der Waals surface area contributed by atoms with Gasteiger partial charge >= 0.3 is 0 Å². The normalized spacial score (nSPS) is 11.8. The van der Waals surface area contributed by atoms with E-state index in [4.69, 9.17) is 10.2 Å². The summed E-state index contributed by atoms with van der Waals surface area (Å²) in [5.74, 6) is 0. The Morgan fingerprint density at radius 3 is 1.62 bits per heavy atom. The van der Waals surface area contributed by atoms with Crippen molar-refractivity contribution >= 4 is 0 Å². The molecule has 3 heteroatoms. The molecule has 0 aliphatic carbocycles. The van der Waals surface area contributed by atoms with E-state index in [1.165, 1.54) is 89.9 Å². The number of aliphatic hydroxyl groups excluding tert-OH is 1. The van der Waals surface area contributed by atoms with E-state index in [9.17, 15) is 0 Å². The second-order valence-electron chi connectivity index (χ2n) is 6.98. The highest BCUT2D eigenvalue weighted by molar-refractivity contribution is 4.81. The van der Waals surface area contributed by atoms with E-state index in [2.05, 4.69) is 24.4 Å². The Morgan fingerprint density at radius 2 is 1.12 bits per heavy atom. The van der Waals surface area contributed by atoms with E-state index in [1.807, 2.05) is 0 Å². The predicted octanol–water partition coefficient (Wildman–Crippen LogP) is 5.31. The smallest absolute Gasteiger partial charge is 0.164 e. The van der Waals surface area contributed by atoms with E-state index in [0.29, 0.717) is 0 Å². The standard InChI is InChI=1S/C21H43NO2/c1-2-3-4-5-6-7-8-9-10-11-12-13-14-15-16-17-18-19-22-20-21(23)24/h9-10,21-24H,2-8,11-20H2,1H3. The number of rotatable bonds is 19. The number of hydrogen-bond acceptors (Lipinski definition) is 3. The molecule has 0 unspecified atom stereocenters. The largest absolute Gasteiger partial charge is 0.367 e. The summed E-state index contributed by atoms with van der Waals surface area (Å²) in [6.45, 7) is 3.45. The van der Waals surface area contributed by atoms with Crippen molar-refractivity contribution in [1.82, 2.24) is 5.32 Å². The Labute approximate surface area is 150 Å². The molecule has 3 nitrogen and oxygen atoms in total. The molecule has 0 aliphatic heterocycles. The van der Waals surface area contributed by atoms with Gasteiger partial charge in [-0.2, -0.15) is 0 Å². The third-order valence-electron chi connectivity index (χ3n) is 4.44. The summed E-state index contributed by atoms with van der Waals surface area (Å²) < 4.78 is 0. The van der Waals surface area contributed by atoms with E-state index < -0.39 is 6.29 Å². The fourth-order valence-electron chi connectivity index (χ4n) is 2.91. The molecule has 0 amide bonds. The topological polar surface area (TPSA) is 52.5 Å². The van der Waals surface area contributed by atoms with Gasteiger partial charge in [-0.25, -0.2) is 0 Å². The minimum atomic E-state index is -1.22. The number of nitrogens with one attached hydrogen (secondary N) is 1. The molecular weight excluding hydrogens is 298 g/mol. The fourth-order valence-corrected chi connectivity index (χ4v) is 2.91. The van der Waals surface area contributed by atoms with Crippen molar-refractivity contribution in [3.63, 3.8) is 0 Å². The molecule has 0 heterocycles. The lowest BCUT2D eigenvalue weighted by Gasteiger charge is -2.05. The molecule has 3 N–H and O–H groups in total. The van der Waals surface area contributed by atoms with E-state index in [1.54, 1.807) is 0 Å². The van der Waals surface area contributed by atoms with Gasteiger partial charge in [0.15, 0.2) is 6.29 Å². The van der Waals surface area contributed by atoms with Crippen molar-refractivity contribution < 1.29 is 10.2 Å². The van der Waals surface area contributed by atoms with E-state index >= 15 is 0 Å². The number of hydrogen-bond donors (Lipinski definition) is 3. The quantitative estimate of drug-likeness (QED) is 0.169. The van der Waals surface area contributed by atoms with Gasteiger partial charge in [-0.05, 0) is 38.6 Å². The van der Waals surface area contributed by atoms with Gasteiger partial charge in [0.1, 0.15) is 0 Å². The van der Waals surface area contributed by atoms with Gasteiger partial charge in [0, 0.05) is 6.54 Å². The highest BCUT2D eigenvalue weighted by atomic mass is 16.5. The molecule has 0 aromatic rings. The summed E-state index contributed by atoms with van der Waals surface area (Å²) in [6.07, 6.45) is 23.5. The van der Waals surface area contributed by atoms with Crippen molar-refractivity contribution in [2.45, 2.75) is 110 Å². The predicted molar refractivity (Wildman–Crippen MR) is 105 cm³/mol. The average molecular weight is 342 g/mol. The van der Waals surface area contributed by atoms with Crippen LogP contribution in [0.2, 0.25) is 0 Å². The van der Waals surface area contributed by atoms with Crippen LogP contribution in [0, 0.1) is 0 Å². The highest BCUT2D eigenvalue weighted by Crippen LogP contribution is 2.10. The van der Waals surface area contributed by atoms with Crippen LogP contribution in [-0.2, 0) is 0 Å². The molecule has 0 aliphatic rings. The average Bonchev–Trinajstić information content (AvgIpc) is 2.56. The lowest BCUT2D eigenvalue weighted by Crippen LogP contribution is -2.26. The fraction of sp³-hybridized carbons (Fsp3) is 0.905. The van der Waals surface area contributed by atoms with Crippen molar-refractivity contribution in [2.24, 2.45) is 0 Å². The van der Waals surface area contributed by atoms with E-state index in [-0.39, 0.29) is 6.54 Å². The molecule has 144 valence electrons. The summed E-state index contributed by atoms with van der Waals surface area (Å²) in [6, 6.07) is 0. The van der Waals surface area contributed by atoms with Gasteiger partial charge in [-0.3, -0.25) is 0 Å². The lowest BCUT2D eigenvalue weighted by atomic mass is 10.1. The second-order valence-corrected chi connectivity index (χ2v) is 6.98. The van der Waals surface area contributed by atoms with Crippen LogP contribution < -0.4 is 5.32 Å². The van der Waals surface area contributed by atoms with Crippen LogP contribution in [0.1, 0.15) is 103 Å².